The predicted molar refractivity (Wildman–Crippen MR) is 97.5 cm³/mol. The third-order valence-corrected chi connectivity index (χ3v) is 4.71. The molecule has 0 bridgehead atoms. The molecule has 0 saturated carbocycles. The second-order valence-electron chi connectivity index (χ2n) is 5.59. The molecule has 0 unspecified atom stereocenters. The van der Waals surface area contributed by atoms with Crippen LogP contribution in [0.4, 0.5) is 0 Å². The minimum Gasteiger partial charge on any atom is -0.452 e. The van der Waals surface area contributed by atoms with Gasteiger partial charge in [-0.2, -0.15) is 5.26 Å². The molecule has 0 atom stereocenters. The number of carbonyl (C=O) groups is 2. The average molecular weight is 365 g/mol. The quantitative estimate of drug-likeness (QED) is 0.649. The van der Waals surface area contributed by atoms with Crippen LogP contribution >= 0.6 is 11.3 Å². The van der Waals surface area contributed by atoms with Crippen molar-refractivity contribution in [3.8, 4) is 6.07 Å². The highest BCUT2D eigenvalue weighted by Gasteiger charge is 2.15. The van der Waals surface area contributed by atoms with Crippen molar-refractivity contribution in [2.75, 3.05) is 13.7 Å². The third kappa shape index (κ3) is 4.05. The van der Waals surface area contributed by atoms with Crippen molar-refractivity contribution in [2.45, 2.75) is 6.54 Å². The van der Waals surface area contributed by atoms with Crippen molar-refractivity contribution in [3.63, 3.8) is 0 Å². The number of esters is 1. The number of thiazole rings is 1. The van der Waals surface area contributed by atoms with E-state index < -0.39 is 5.97 Å². The highest BCUT2D eigenvalue weighted by Crippen LogP contribution is 2.22. The van der Waals surface area contributed by atoms with E-state index in [0.717, 1.165) is 15.2 Å². The summed E-state index contributed by atoms with van der Waals surface area (Å²) < 4.78 is 6.11. The van der Waals surface area contributed by atoms with Gasteiger partial charge in [0, 0.05) is 7.05 Å². The Labute approximate surface area is 154 Å². The molecular formula is C19H15N3O3S. The van der Waals surface area contributed by atoms with Crippen LogP contribution < -0.4 is 0 Å². The molecule has 0 spiro atoms. The van der Waals surface area contributed by atoms with Crippen molar-refractivity contribution >= 4 is 33.4 Å². The second kappa shape index (κ2) is 7.76. The van der Waals surface area contributed by atoms with Crippen molar-refractivity contribution in [1.82, 2.24) is 9.88 Å². The number of amides is 1. The Morgan fingerprint density at radius 2 is 2.04 bits per heavy atom. The van der Waals surface area contributed by atoms with Gasteiger partial charge in [-0.25, -0.2) is 9.78 Å². The number of aromatic nitrogens is 1. The molecule has 0 aliphatic rings. The second-order valence-corrected chi connectivity index (χ2v) is 6.71. The zero-order chi connectivity index (χ0) is 18.5. The van der Waals surface area contributed by atoms with E-state index in [2.05, 4.69) is 4.98 Å². The standard InChI is InChI=1S/C19H15N3O3S/c1-22(11-17-21-15-7-2-3-8-16(15)26-17)18(23)12-25-19(24)14-6-4-5-13(9-14)10-20/h2-9H,11-12H2,1H3. The Bertz CT molecular complexity index is 973. The Balaban J connectivity index is 1.57. The molecule has 2 aromatic carbocycles. The lowest BCUT2D eigenvalue weighted by Crippen LogP contribution is -2.30. The summed E-state index contributed by atoms with van der Waals surface area (Å²) in [5, 5.41) is 9.67. The van der Waals surface area contributed by atoms with Crippen LogP contribution in [0.1, 0.15) is 20.9 Å². The fraction of sp³-hybridized carbons (Fsp3) is 0.158. The summed E-state index contributed by atoms with van der Waals surface area (Å²) in [5.74, 6) is -0.960. The summed E-state index contributed by atoms with van der Waals surface area (Å²) in [4.78, 5) is 30.1. The Kier molecular flexibility index (Phi) is 5.25. The molecule has 0 saturated heterocycles. The smallest absolute Gasteiger partial charge is 0.338 e. The zero-order valence-corrected chi connectivity index (χ0v) is 14.8. The molecule has 6 nitrogen and oxygen atoms in total. The van der Waals surface area contributed by atoms with E-state index in [1.165, 1.54) is 22.3 Å². The van der Waals surface area contributed by atoms with Crippen LogP contribution in [0.25, 0.3) is 10.2 Å². The zero-order valence-electron chi connectivity index (χ0n) is 14.0. The Morgan fingerprint density at radius 3 is 2.81 bits per heavy atom. The molecule has 1 amide bonds. The van der Waals surface area contributed by atoms with Gasteiger partial charge in [0.2, 0.25) is 0 Å². The van der Waals surface area contributed by atoms with Gasteiger partial charge in [-0.1, -0.05) is 18.2 Å². The highest BCUT2D eigenvalue weighted by atomic mass is 32.1. The molecule has 0 fully saturated rings. The summed E-state index contributed by atoms with van der Waals surface area (Å²) in [5.41, 5.74) is 1.50. The van der Waals surface area contributed by atoms with Crippen LogP contribution in [0.2, 0.25) is 0 Å². The van der Waals surface area contributed by atoms with Gasteiger partial charge in [0.15, 0.2) is 6.61 Å². The molecule has 3 aromatic rings. The first-order chi connectivity index (χ1) is 12.6. The maximum atomic E-state index is 12.2. The molecule has 7 heteroatoms. The number of hydrogen-bond donors (Lipinski definition) is 0. The van der Waals surface area contributed by atoms with Crippen LogP contribution in [-0.4, -0.2) is 35.4 Å². The van der Waals surface area contributed by atoms with Crippen molar-refractivity contribution in [3.05, 3.63) is 64.7 Å². The van der Waals surface area contributed by atoms with E-state index >= 15 is 0 Å². The summed E-state index contributed by atoms with van der Waals surface area (Å²) in [6, 6.07) is 15.9. The van der Waals surface area contributed by atoms with Crippen LogP contribution in [-0.2, 0) is 16.1 Å². The van der Waals surface area contributed by atoms with Gasteiger partial charge in [0.1, 0.15) is 5.01 Å². The van der Waals surface area contributed by atoms with E-state index in [1.807, 2.05) is 30.3 Å². The minimum atomic E-state index is -0.635. The van der Waals surface area contributed by atoms with Crippen molar-refractivity contribution in [1.29, 1.82) is 5.26 Å². The predicted octanol–water partition coefficient (Wildman–Crippen LogP) is 2.98. The number of likely N-dealkylation sites (N-methyl/N-ethyl adjacent to an activating group) is 1. The first kappa shape index (κ1) is 17.6. The first-order valence-corrected chi connectivity index (χ1v) is 8.64. The van der Waals surface area contributed by atoms with Crippen molar-refractivity contribution in [2.24, 2.45) is 0 Å². The van der Waals surface area contributed by atoms with Gasteiger partial charge in [0.25, 0.3) is 5.91 Å². The molecule has 0 radical (unpaired) electrons. The molecule has 1 heterocycles. The number of ether oxygens (including phenoxy) is 1. The van der Waals surface area contributed by atoms with E-state index in [1.54, 1.807) is 25.2 Å². The Hall–Kier alpha value is -3.24. The molecule has 0 aliphatic carbocycles. The molecular weight excluding hydrogens is 350 g/mol. The maximum Gasteiger partial charge on any atom is 0.338 e. The lowest BCUT2D eigenvalue weighted by molar-refractivity contribution is -0.133. The summed E-state index contributed by atoms with van der Waals surface area (Å²) in [6.07, 6.45) is 0. The number of rotatable bonds is 5. The van der Waals surface area contributed by atoms with Crippen molar-refractivity contribution < 1.29 is 14.3 Å². The third-order valence-electron chi connectivity index (χ3n) is 3.69. The number of para-hydroxylation sites is 1. The largest absolute Gasteiger partial charge is 0.452 e. The van der Waals surface area contributed by atoms with Crippen LogP contribution in [0, 0.1) is 11.3 Å². The molecule has 0 aliphatic heterocycles. The molecule has 130 valence electrons. The number of nitriles is 1. The van der Waals surface area contributed by atoms with Gasteiger partial charge in [-0.05, 0) is 30.3 Å². The SMILES string of the molecule is CN(Cc1nc2ccccc2s1)C(=O)COC(=O)c1cccc(C#N)c1. The molecule has 26 heavy (non-hydrogen) atoms. The van der Waals surface area contributed by atoms with E-state index in [4.69, 9.17) is 10.00 Å². The average Bonchev–Trinajstić information content (AvgIpc) is 3.07. The highest BCUT2D eigenvalue weighted by molar-refractivity contribution is 7.18. The van der Waals surface area contributed by atoms with Crippen LogP contribution in [0.3, 0.4) is 0 Å². The van der Waals surface area contributed by atoms with Gasteiger partial charge >= 0.3 is 5.97 Å². The van der Waals surface area contributed by atoms with E-state index in [-0.39, 0.29) is 18.1 Å². The molecule has 0 N–H and O–H groups in total. The number of benzene rings is 2. The first-order valence-electron chi connectivity index (χ1n) is 7.82. The molecule has 1 aromatic heterocycles. The number of carbonyl (C=O) groups excluding carboxylic acids is 2. The Morgan fingerprint density at radius 1 is 1.23 bits per heavy atom. The number of hydrogen-bond acceptors (Lipinski definition) is 6. The number of nitrogens with zero attached hydrogens (tertiary/aromatic N) is 3. The van der Waals surface area contributed by atoms with Crippen LogP contribution in [0.15, 0.2) is 48.5 Å². The fourth-order valence-electron chi connectivity index (χ4n) is 2.32. The van der Waals surface area contributed by atoms with E-state index in [0.29, 0.717) is 12.1 Å². The fourth-order valence-corrected chi connectivity index (χ4v) is 3.34. The van der Waals surface area contributed by atoms with E-state index in [9.17, 15) is 9.59 Å². The van der Waals surface area contributed by atoms with Gasteiger partial charge in [-0.3, -0.25) is 4.79 Å². The summed E-state index contributed by atoms with van der Waals surface area (Å²) in [7, 11) is 1.64. The monoisotopic (exact) mass is 365 g/mol. The lowest BCUT2D eigenvalue weighted by atomic mass is 10.1. The minimum absolute atomic E-state index is 0.241. The van der Waals surface area contributed by atoms with Gasteiger partial charge in [-0.15, -0.1) is 11.3 Å². The summed E-state index contributed by atoms with van der Waals surface area (Å²) >= 11 is 1.52. The van der Waals surface area contributed by atoms with Crippen LogP contribution in [0.5, 0.6) is 0 Å². The summed E-state index contributed by atoms with van der Waals surface area (Å²) in [6.45, 7) is -0.0172. The topological polar surface area (TPSA) is 83.3 Å². The lowest BCUT2D eigenvalue weighted by Gasteiger charge is -2.15. The van der Waals surface area contributed by atoms with Gasteiger partial charge in [0.05, 0.1) is 34.0 Å². The maximum absolute atomic E-state index is 12.2. The number of fused-ring (bicyclic) bond motifs is 1. The molecule has 3 rings (SSSR count). The normalized spacial score (nSPS) is 10.3. The van der Waals surface area contributed by atoms with Gasteiger partial charge < -0.3 is 9.64 Å².